The average Bonchev–Trinajstić information content (AvgIpc) is 2.46. The van der Waals surface area contributed by atoms with Gasteiger partial charge in [0.1, 0.15) is 0 Å². The summed E-state index contributed by atoms with van der Waals surface area (Å²) >= 11 is 0. The molecular formula is C16H24N2O3. The largest absolute Gasteiger partial charge is 0.381 e. The van der Waals surface area contributed by atoms with E-state index in [4.69, 9.17) is 4.74 Å². The second-order valence-corrected chi connectivity index (χ2v) is 6.15. The Labute approximate surface area is 125 Å². The van der Waals surface area contributed by atoms with Gasteiger partial charge < -0.3 is 10.1 Å². The Morgan fingerprint density at radius 3 is 2.67 bits per heavy atom. The summed E-state index contributed by atoms with van der Waals surface area (Å²) in [4.78, 5) is 10.8. The van der Waals surface area contributed by atoms with Crippen molar-refractivity contribution >= 4 is 11.4 Å². The molecule has 1 N–H and O–H groups in total. The van der Waals surface area contributed by atoms with Crippen LogP contribution in [-0.4, -0.2) is 23.7 Å². The number of anilines is 1. The topological polar surface area (TPSA) is 64.4 Å². The lowest BCUT2D eigenvalue weighted by molar-refractivity contribution is -0.385. The van der Waals surface area contributed by atoms with Gasteiger partial charge in [0.05, 0.1) is 11.0 Å². The summed E-state index contributed by atoms with van der Waals surface area (Å²) in [6.45, 7) is 8.99. The van der Waals surface area contributed by atoms with Crippen LogP contribution in [0.5, 0.6) is 0 Å². The lowest BCUT2D eigenvalue weighted by atomic mass is 9.64. The predicted molar refractivity (Wildman–Crippen MR) is 83.7 cm³/mol. The van der Waals surface area contributed by atoms with Gasteiger partial charge in [-0.3, -0.25) is 10.1 Å². The second-order valence-electron chi connectivity index (χ2n) is 6.15. The van der Waals surface area contributed by atoms with Crippen molar-refractivity contribution < 1.29 is 9.66 Å². The molecule has 2 rings (SSSR count). The third-order valence-corrected chi connectivity index (χ3v) is 4.55. The standard InChI is InChI=1S/C16H24N2O3/c1-5-11-7-8-12(9-13(11)18(19)20)17-14-10-15(21-6-2)16(14,3)4/h7-9,14-15,17H,5-6,10H2,1-4H3. The lowest BCUT2D eigenvalue weighted by Gasteiger charge is -2.52. The van der Waals surface area contributed by atoms with Gasteiger partial charge in [-0.25, -0.2) is 0 Å². The number of nitro benzene ring substituents is 1. The molecule has 116 valence electrons. The lowest BCUT2D eigenvalue weighted by Crippen LogP contribution is -2.58. The average molecular weight is 292 g/mol. The van der Waals surface area contributed by atoms with Crippen LogP contribution in [-0.2, 0) is 11.2 Å². The van der Waals surface area contributed by atoms with Crippen molar-refractivity contribution in [2.45, 2.75) is 52.7 Å². The van der Waals surface area contributed by atoms with Crippen LogP contribution >= 0.6 is 0 Å². The molecule has 1 aliphatic rings. The Morgan fingerprint density at radius 1 is 1.43 bits per heavy atom. The molecule has 0 radical (unpaired) electrons. The summed E-state index contributed by atoms with van der Waals surface area (Å²) in [5, 5.41) is 14.5. The Morgan fingerprint density at radius 2 is 2.14 bits per heavy atom. The fourth-order valence-electron chi connectivity index (χ4n) is 2.94. The fourth-order valence-corrected chi connectivity index (χ4v) is 2.94. The van der Waals surface area contributed by atoms with Crippen molar-refractivity contribution in [3.63, 3.8) is 0 Å². The molecule has 5 nitrogen and oxygen atoms in total. The molecule has 2 unspecified atom stereocenters. The van der Waals surface area contributed by atoms with Gasteiger partial charge in [0.15, 0.2) is 0 Å². The number of nitro groups is 1. The Hall–Kier alpha value is -1.62. The van der Waals surface area contributed by atoms with Crippen molar-refractivity contribution in [3.05, 3.63) is 33.9 Å². The van der Waals surface area contributed by atoms with Crippen LogP contribution in [0, 0.1) is 15.5 Å². The number of aryl methyl sites for hydroxylation is 1. The zero-order chi connectivity index (χ0) is 15.6. The highest BCUT2D eigenvalue weighted by Gasteiger charge is 2.48. The van der Waals surface area contributed by atoms with Crippen LogP contribution < -0.4 is 5.32 Å². The molecule has 0 heterocycles. The third-order valence-electron chi connectivity index (χ3n) is 4.55. The van der Waals surface area contributed by atoms with Gasteiger partial charge in [0, 0.05) is 35.4 Å². The third kappa shape index (κ3) is 3.02. The molecule has 0 spiro atoms. The zero-order valence-corrected chi connectivity index (χ0v) is 13.2. The van der Waals surface area contributed by atoms with Crippen LogP contribution in [0.15, 0.2) is 18.2 Å². The highest BCUT2D eigenvalue weighted by molar-refractivity contribution is 5.56. The van der Waals surface area contributed by atoms with E-state index in [0.717, 1.165) is 24.3 Å². The highest BCUT2D eigenvalue weighted by atomic mass is 16.6. The first-order valence-electron chi connectivity index (χ1n) is 7.55. The maximum atomic E-state index is 11.1. The number of hydrogen-bond donors (Lipinski definition) is 1. The molecule has 0 amide bonds. The van der Waals surface area contributed by atoms with E-state index in [1.807, 2.05) is 26.0 Å². The highest BCUT2D eigenvalue weighted by Crippen LogP contribution is 2.44. The normalized spacial score (nSPS) is 23.4. The van der Waals surface area contributed by atoms with Crippen molar-refractivity contribution in [2.75, 3.05) is 11.9 Å². The molecule has 21 heavy (non-hydrogen) atoms. The quantitative estimate of drug-likeness (QED) is 0.640. The van der Waals surface area contributed by atoms with E-state index in [1.54, 1.807) is 6.07 Å². The van der Waals surface area contributed by atoms with E-state index < -0.39 is 0 Å². The molecule has 1 fully saturated rings. The zero-order valence-electron chi connectivity index (χ0n) is 13.2. The first kappa shape index (κ1) is 15.8. The maximum absolute atomic E-state index is 11.1. The summed E-state index contributed by atoms with van der Waals surface area (Å²) < 4.78 is 5.71. The molecule has 2 atom stereocenters. The van der Waals surface area contributed by atoms with E-state index in [2.05, 4.69) is 19.2 Å². The number of rotatable bonds is 6. The van der Waals surface area contributed by atoms with E-state index in [1.165, 1.54) is 0 Å². The SMILES string of the molecule is CCOC1CC(Nc2ccc(CC)c([N+](=O)[O-])c2)C1(C)C. The van der Waals surface area contributed by atoms with E-state index in [0.29, 0.717) is 6.42 Å². The Bertz CT molecular complexity index is 528. The van der Waals surface area contributed by atoms with Crippen molar-refractivity contribution in [3.8, 4) is 0 Å². The Balaban J connectivity index is 2.11. The molecule has 0 bridgehead atoms. The molecule has 0 saturated heterocycles. The van der Waals surface area contributed by atoms with Gasteiger partial charge in [0.2, 0.25) is 0 Å². The monoisotopic (exact) mass is 292 g/mol. The van der Waals surface area contributed by atoms with Crippen LogP contribution in [0.2, 0.25) is 0 Å². The predicted octanol–water partition coefficient (Wildman–Crippen LogP) is 3.77. The van der Waals surface area contributed by atoms with E-state index in [-0.39, 0.29) is 28.2 Å². The molecule has 1 saturated carbocycles. The van der Waals surface area contributed by atoms with Gasteiger partial charge in [-0.15, -0.1) is 0 Å². The summed E-state index contributed by atoms with van der Waals surface area (Å²) in [6, 6.07) is 5.69. The maximum Gasteiger partial charge on any atom is 0.274 e. The van der Waals surface area contributed by atoms with Gasteiger partial charge in [-0.05, 0) is 25.8 Å². The number of benzene rings is 1. The summed E-state index contributed by atoms with van der Waals surface area (Å²) in [6.07, 6.45) is 1.85. The van der Waals surface area contributed by atoms with Crippen LogP contribution in [0.1, 0.15) is 39.7 Å². The second kappa shape index (κ2) is 6.02. The minimum absolute atomic E-state index is 0.0359. The first-order chi connectivity index (χ1) is 9.90. The summed E-state index contributed by atoms with van der Waals surface area (Å²) in [7, 11) is 0. The van der Waals surface area contributed by atoms with Gasteiger partial charge in [0.25, 0.3) is 5.69 Å². The van der Waals surface area contributed by atoms with E-state index in [9.17, 15) is 10.1 Å². The summed E-state index contributed by atoms with van der Waals surface area (Å²) in [5.74, 6) is 0. The Kier molecular flexibility index (Phi) is 4.52. The molecule has 1 aromatic rings. The van der Waals surface area contributed by atoms with Crippen molar-refractivity contribution in [2.24, 2.45) is 5.41 Å². The fraction of sp³-hybridized carbons (Fsp3) is 0.625. The number of nitrogens with zero attached hydrogens (tertiary/aromatic N) is 1. The minimum Gasteiger partial charge on any atom is -0.381 e. The molecule has 1 aromatic carbocycles. The number of nitrogens with one attached hydrogen (secondary N) is 1. The van der Waals surface area contributed by atoms with Crippen LogP contribution in [0.25, 0.3) is 0 Å². The van der Waals surface area contributed by atoms with E-state index >= 15 is 0 Å². The first-order valence-corrected chi connectivity index (χ1v) is 7.55. The van der Waals surface area contributed by atoms with Crippen LogP contribution in [0.4, 0.5) is 11.4 Å². The van der Waals surface area contributed by atoms with Gasteiger partial charge >= 0.3 is 0 Å². The molecule has 1 aliphatic carbocycles. The molecule has 5 heteroatoms. The molecule has 0 aliphatic heterocycles. The van der Waals surface area contributed by atoms with Crippen molar-refractivity contribution in [1.29, 1.82) is 0 Å². The van der Waals surface area contributed by atoms with Gasteiger partial charge in [-0.1, -0.05) is 26.8 Å². The smallest absolute Gasteiger partial charge is 0.274 e. The minimum atomic E-state index is -0.307. The van der Waals surface area contributed by atoms with Crippen molar-refractivity contribution in [1.82, 2.24) is 0 Å². The number of ether oxygens (including phenoxy) is 1. The van der Waals surface area contributed by atoms with Gasteiger partial charge in [-0.2, -0.15) is 0 Å². The molecular weight excluding hydrogens is 268 g/mol. The van der Waals surface area contributed by atoms with Crippen LogP contribution in [0.3, 0.4) is 0 Å². The molecule has 0 aromatic heterocycles. The number of hydrogen-bond acceptors (Lipinski definition) is 4. The summed E-state index contributed by atoms with van der Waals surface area (Å²) in [5.41, 5.74) is 1.81.